The predicted octanol–water partition coefficient (Wildman–Crippen LogP) is 6.86. The van der Waals surface area contributed by atoms with Crippen LogP contribution in [0.4, 0.5) is 23.2 Å². The molecule has 2 aliphatic rings. The van der Waals surface area contributed by atoms with Crippen molar-refractivity contribution in [2.45, 2.75) is 62.5 Å². The highest BCUT2D eigenvalue weighted by molar-refractivity contribution is 9.10. The van der Waals surface area contributed by atoms with Gasteiger partial charge < -0.3 is 14.8 Å². The number of hydrogen-bond donors (Lipinski definition) is 1. The molecule has 2 saturated heterocycles. The van der Waals surface area contributed by atoms with Crippen LogP contribution in [0.25, 0.3) is 0 Å². The molecule has 1 unspecified atom stereocenters. The highest BCUT2D eigenvalue weighted by atomic mass is 79.9. The fraction of sp³-hybridized carbons (Fsp3) is 0.583. The van der Waals surface area contributed by atoms with Crippen molar-refractivity contribution in [3.8, 4) is 5.75 Å². The Kier molecular flexibility index (Phi) is 11.2. The van der Waals surface area contributed by atoms with Crippen molar-refractivity contribution < 1.29 is 27.0 Å². The first-order valence-corrected chi connectivity index (χ1v) is 14.2. The summed E-state index contributed by atoms with van der Waals surface area (Å²) in [5.74, 6) is -0.277. The summed E-state index contributed by atoms with van der Waals surface area (Å²) in [5.41, 5.74) is -1.74. The van der Waals surface area contributed by atoms with Gasteiger partial charge in [0.1, 0.15) is 10.8 Å². The van der Waals surface area contributed by atoms with Gasteiger partial charge in [0.05, 0.1) is 36.0 Å². The predicted molar refractivity (Wildman–Crippen MR) is 144 cm³/mol. The fourth-order valence-corrected chi connectivity index (χ4v) is 5.88. The van der Waals surface area contributed by atoms with Crippen LogP contribution in [-0.4, -0.2) is 59.0 Å². The Morgan fingerprint density at radius 3 is 2.66 bits per heavy atom. The van der Waals surface area contributed by atoms with Gasteiger partial charge in [0.25, 0.3) is 5.56 Å². The van der Waals surface area contributed by atoms with E-state index in [-0.39, 0.29) is 35.7 Å². The van der Waals surface area contributed by atoms with E-state index in [4.69, 9.17) is 16.3 Å². The number of hydrogen-bond acceptors (Lipinski definition) is 7. The van der Waals surface area contributed by atoms with Gasteiger partial charge in [-0.3, -0.25) is 4.79 Å². The molecule has 0 radical (unpaired) electrons. The van der Waals surface area contributed by atoms with Gasteiger partial charge in [-0.15, -0.1) is 13.2 Å². The number of halogens is 6. The largest absolute Gasteiger partial charge is 0.573 e. The van der Waals surface area contributed by atoms with E-state index in [2.05, 4.69) is 31.1 Å². The molecule has 0 saturated carbocycles. The Hall–Kier alpha value is -1.54. The second-order valence-corrected chi connectivity index (χ2v) is 11.1. The summed E-state index contributed by atoms with van der Waals surface area (Å²) >= 11 is 10.7. The number of alkyl halides is 4. The van der Waals surface area contributed by atoms with Crippen molar-refractivity contribution >= 4 is 45.2 Å². The molecule has 0 spiro atoms. The van der Waals surface area contributed by atoms with Crippen molar-refractivity contribution in [2.75, 3.05) is 38.2 Å². The van der Waals surface area contributed by atoms with E-state index in [1.165, 1.54) is 23.0 Å². The van der Waals surface area contributed by atoms with Gasteiger partial charge in [0, 0.05) is 24.2 Å². The maximum Gasteiger partial charge on any atom is 0.573 e. The van der Waals surface area contributed by atoms with Crippen molar-refractivity contribution in [3.05, 3.63) is 44.2 Å². The second kappa shape index (κ2) is 13.7. The van der Waals surface area contributed by atoms with Crippen LogP contribution >= 0.6 is 39.5 Å². The summed E-state index contributed by atoms with van der Waals surface area (Å²) in [6.07, 6.45) is -1.31. The standard InChI is InChI=1S/C22H24BrClF4N4O3S.C2H6/c23-14-2-3-17(35-22(26,27)28)18(10-14)36-31-7-4-15(5-8-31)32-20(33)19(24)16(11-30-32)29-12-21(25)6-1-9-34-13-21;1-2/h2-3,10-11,15,29H,1,4-9,12-13H2;1-2H3. The van der Waals surface area contributed by atoms with Gasteiger partial charge in [-0.1, -0.05) is 41.4 Å². The number of nitrogens with one attached hydrogen (secondary N) is 1. The highest BCUT2D eigenvalue weighted by Crippen LogP contribution is 2.39. The first kappa shape index (κ1) is 31.0. The molecule has 38 heavy (non-hydrogen) atoms. The average molecular weight is 646 g/mol. The maximum absolute atomic E-state index is 14.8. The third kappa shape index (κ3) is 8.48. The van der Waals surface area contributed by atoms with Crippen molar-refractivity contribution in [1.29, 1.82) is 0 Å². The number of benzene rings is 1. The van der Waals surface area contributed by atoms with Crippen LogP contribution in [0, 0.1) is 0 Å². The molecule has 2 fully saturated rings. The van der Waals surface area contributed by atoms with E-state index in [1.807, 2.05) is 18.2 Å². The van der Waals surface area contributed by atoms with E-state index in [9.17, 15) is 22.4 Å². The number of rotatable bonds is 7. The normalized spacial score (nSPS) is 20.9. The molecule has 2 aromatic rings. The van der Waals surface area contributed by atoms with Crippen LogP contribution in [0.1, 0.15) is 45.6 Å². The Morgan fingerprint density at radius 1 is 1.32 bits per heavy atom. The van der Waals surface area contributed by atoms with Crippen molar-refractivity contribution in [3.63, 3.8) is 0 Å². The Morgan fingerprint density at radius 2 is 2.03 bits per heavy atom. The molecule has 0 aliphatic carbocycles. The van der Waals surface area contributed by atoms with Crippen molar-refractivity contribution in [1.82, 2.24) is 14.1 Å². The van der Waals surface area contributed by atoms with Crippen LogP contribution < -0.4 is 15.6 Å². The molecular weight excluding hydrogens is 616 g/mol. The summed E-state index contributed by atoms with van der Waals surface area (Å²) in [7, 11) is 0. The minimum atomic E-state index is -4.79. The molecule has 3 heterocycles. The molecule has 4 rings (SSSR count). The lowest BCUT2D eigenvalue weighted by atomic mass is 9.99. The van der Waals surface area contributed by atoms with Crippen molar-refractivity contribution in [2.24, 2.45) is 0 Å². The zero-order chi connectivity index (χ0) is 27.9. The van der Waals surface area contributed by atoms with Crippen LogP contribution in [0.2, 0.25) is 5.02 Å². The lowest BCUT2D eigenvalue weighted by Gasteiger charge is -2.32. The van der Waals surface area contributed by atoms with E-state index in [0.717, 1.165) is 11.9 Å². The molecule has 0 amide bonds. The summed E-state index contributed by atoms with van der Waals surface area (Å²) < 4.78 is 66.3. The van der Waals surface area contributed by atoms with Gasteiger partial charge in [0.2, 0.25) is 0 Å². The molecule has 1 aromatic carbocycles. The monoisotopic (exact) mass is 644 g/mol. The summed E-state index contributed by atoms with van der Waals surface area (Å²) in [6, 6.07) is 4.08. The van der Waals surface area contributed by atoms with Crippen LogP contribution in [0.15, 0.2) is 38.6 Å². The van der Waals surface area contributed by atoms with Gasteiger partial charge in [-0.25, -0.2) is 13.4 Å². The number of nitrogens with zero attached hydrogens (tertiary/aromatic N) is 3. The molecule has 1 aromatic heterocycles. The minimum Gasteiger partial charge on any atom is -0.405 e. The lowest BCUT2D eigenvalue weighted by Crippen LogP contribution is -2.41. The molecule has 0 bridgehead atoms. The summed E-state index contributed by atoms with van der Waals surface area (Å²) in [4.78, 5) is 13.2. The van der Waals surface area contributed by atoms with Gasteiger partial charge in [0.15, 0.2) is 5.67 Å². The zero-order valence-electron chi connectivity index (χ0n) is 21.0. The average Bonchev–Trinajstić information content (AvgIpc) is 2.88. The van der Waals surface area contributed by atoms with Gasteiger partial charge in [-0.2, -0.15) is 5.10 Å². The molecule has 1 atom stereocenters. The number of aromatic nitrogens is 2. The fourth-order valence-electron chi connectivity index (χ4n) is 4.12. The van der Waals surface area contributed by atoms with Gasteiger partial charge in [-0.05, 0) is 55.8 Å². The van der Waals surface area contributed by atoms with E-state index in [1.54, 1.807) is 6.07 Å². The van der Waals surface area contributed by atoms with E-state index >= 15 is 0 Å². The number of anilines is 1. The third-order valence-corrected chi connectivity index (χ3v) is 7.94. The maximum atomic E-state index is 14.8. The molecule has 212 valence electrons. The zero-order valence-corrected chi connectivity index (χ0v) is 24.2. The first-order chi connectivity index (χ1) is 18.0. The highest BCUT2D eigenvalue weighted by Gasteiger charge is 2.34. The number of ether oxygens (including phenoxy) is 2. The Labute approximate surface area is 236 Å². The number of piperidine rings is 1. The molecule has 2 aliphatic heterocycles. The quantitative estimate of drug-likeness (QED) is 0.261. The second-order valence-electron chi connectivity index (χ2n) is 8.67. The van der Waals surface area contributed by atoms with Crippen LogP contribution in [0.3, 0.4) is 0 Å². The van der Waals surface area contributed by atoms with E-state index < -0.39 is 17.6 Å². The minimum absolute atomic E-state index is 0.0115. The molecule has 14 heteroatoms. The summed E-state index contributed by atoms with van der Waals surface area (Å²) in [6.45, 7) is 5.49. The Balaban J connectivity index is 0.00000195. The first-order valence-electron chi connectivity index (χ1n) is 12.3. The SMILES string of the molecule is CC.O=c1c(Cl)c(NCC2(F)CCCOC2)cnn1C1CCN(Sc2cc(Br)ccc2OC(F)(F)F)CC1. The third-order valence-electron chi connectivity index (χ3n) is 5.94. The molecule has 7 nitrogen and oxygen atoms in total. The molecule has 1 N–H and O–H groups in total. The topological polar surface area (TPSA) is 68.6 Å². The lowest BCUT2D eigenvalue weighted by molar-refractivity contribution is -0.275. The van der Waals surface area contributed by atoms with Crippen LogP contribution in [-0.2, 0) is 4.74 Å². The smallest absolute Gasteiger partial charge is 0.405 e. The van der Waals surface area contributed by atoms with Gasteiger partial charge >= 0.3 is 6.36 Å². The van der Waals surface area contributed by atoms with Crippen LogP contribution in [0.5, 0.6) is 5.75 Å². The molecular formula is C24H30BrClF4N4O3S. The van der Waals surface area contributed by atoms with E-state index in [0.29, 0.717) is 54.7 Å². The Bertz CT molecular complexity index is 1130. The summed E-state index contributed by atoms with van der Waals surface area (Å²) in [5, 5.41) is 7.07.